The zero-order valence-corrected chi connectivity index (χ0v) is 10.1. The Labute approximate surface area is 93.0 Å². The van der Waals surface area contributed by atoms with E-state index in [4.69, 9.17) is 0 Å². The van der Waals surface area contributed by atoms with E-state index < -0.39 is 0 Å². The zero-order chi connectivity index (χ0) is 11.1. The topological polar surface area (TPSA) is 0 Å². The molecule has 1 saturated carbocycles. The van der Waals surface area contributed by atoms with E-state index >= 15 is 0 Å². The van der Waals surface area contributed by atoms with Crippen molar-refractivity contribution in [2.24, 2.45) is 0 Å². The summed E-state index contributed by atoms with van der Waals surface area (Å²) in [6, 6.07) is 6.82. The quantitative estimate of drug-likeness (QED) is 0.675. The van der Waals surface area contributed by atoms with Crippen LogP contribution in [0.3, 0.4) is 0 Å². The first-order valence-corrected chi connectivity index (χ1v) is 5.86. The molecule has 0 spiro atoms. The van der Waals surface area contributed by atoms with E-state index in [9.17, 15) is 0 Å². The molecule has 2 rings (SSSR count). The minimum absolute atomic E-state index is 0.525. The highest BCUT2D eigenvalue weighted by molar-refractivity contribution is 5.63. The minimum atomic E-state index is 0.525. The van der Waals surface area contributed by atoms with Crippen LogP contribution in [0, 0.1) is 6.92 Å². The van der Waals surface area contributed by atoms with Gasteiger partial charge in [-0.15, -0.1) is 0 Å². The molecule has 0 nitrogen and oxygen atoms in total. The molecule has 0 saturated heterocycles. The van der Waals surface area contributed by atoms with Crippen molar-refractivity contribution < 1.29 is 0 Å². The van der Waals surface area contributed by atoms with Gasteiger partial charge >= 0.3 is 0 Å². The van der Waals surface area contributed by atoms with Gasteiger partial charge in [-0.25, -0.2) is 0 Å². The van der Waals surface area contributed by atoms with E-state index in [2.05, 4.69) is 45.5 Å². The summed E-state index contributed by atoms with van der Waals surface area (Å²) in [6.07, 6.45) is 4.02. The molecular formula is C15H20. The van der Waals surface area contributed by atoms with E-state index in [1.165, 1.54) is 30.4 Å². The van der Waals surface area contributed by atoms with Crippen molar-refractivity contribution in [2.45, 2.75) is 45.4 Å². The zero-order valence-electron chi connectivity index (χ0n) is 10.1. The molecule has 0 aliphatic heterocycles. The fourth-order valence-electron chi connectivity index (χ4n) is 2.49. The number of hydrogen-bond acceptors (Lipinski definition) is 0. The van der Waals surface area contributed by atoms with Crippen LogP contribution in [0.2, 0.25) is 0 Å². The van der Waals surface area contributed by atoms with Crippen molar-refractivity contribution in [2.75, 3.05) is 0 Å². The first-order valence-electron chi connectivity index (χ1n) is 5.86. The highest BCUT2D eigenvalue weighted by Gasteiger charge is 2.42. The van der Waals surface area contributed by atoms with E-state index in [1.54, 1.807) is 5.56 Å². The third-order valence-electron chi connectivity index (χ3n) is 3.82. The van der Waals surface area contributed by atoms with E-state index in [1.807, 2.05) is 0 Å². The molecular weight excluding hydrogens is 180 g/mol. The largest absolute Gasteiger partial charge is 0.0955 e. The Morgan fingerprint density at radius 1 is 1.40 bits per heavy atom. The third-order valence-corrected chi connectivity index (χ3v) is 3.82. The van der Waals surface area contributed by atoms with Crippen molar-refractivity contribution in [3.05, 3.63) is 41.5 Å². The van der Waals surface area contributed by atoms with Gasteiger partial charge in [0.15, 0.2) is 0 Å². The third kappa shape index (κ3) is 1.73. The van der Waals surface area contributed by atoms with Crippen LogP contribution in [-0.2, 0) is 5.41 Å². The number of allylic oxidation sites excluding steroid dienone is 1. The van der Waals surface area contributed by atoms with Crippen molar-refractivity contribution >= 4 is 5.57 Å². The lowest BCUT2D eigenvalue weighted by atomic mass is 9.88. The lowest BCUT2D eigenvalue weighted by Crippen LogP contribution is -2.06. The van der Waals surface area contributed by atoms with Gasteiger partial charge in [0, 0.05) is 0 Å². The monoisotopic (exact) mass is 200 g/mol. The maximum Gasteiger partial charge on any atom is -0.00463 e. The Bertz CT molecular complexity index is 394. The van der Waals surface area contributed by atoms with Gasteiger partial charge in [-0.1, -0.05) is 37.3 Å². The Hall–Kier alpha value is -1.04. The average molecular weight is 200 g/mol. The van der Waals surface area contributed by atoms with Gasteiger partial charge in [0.05, 0.1) is 0 Å². The minimum Gasteiger partial charge on any atom is -0.0955 e. The fourth-order valence-corrected chi connectivity index (χ4v) is 2.49. The van der Waals surface area contributed by atoms with E-state index in [0.717, 1.165) is 5.57 Å². The van der Waals surface area contributed by atoms with Crippen LogP contribution in [-0.4, -0.2) is 0 Å². The van der Waals surface area contributed by atoms with E-state index in [-0.39, 0.29) is 0 Å². The molecule has 0 atom stereocenters. The molecule has 80 valence electrons. The van der Waals surface area contributed by atoms with Gasteiger partial charge in [-0.2, -0.15) is 0 Å². The second-order valence-electron chi connectivity index (χ2n) is 4.94. The summed E-state index contributed by atoms with van der Waals surface area (Å²) in [4.78, 5) is 0. The Morgan fingerprint density at radius 2 is 2.07 bits per heavy atom. The molecule has 1 aromatic rings. The summed E-state index contributed by atoms with van der Waals surface area (Å²) >= 11 is 0. The van der Waals surface area contributed by atoms with Crippen LogP contribution < -0.4 is 0 Å². The number of hydrogen-bond donors (Lipinski definition) is 0. The summed E-state index contributed by atoms with van der Waals surface area (Å²) in [7, 11) is 0. The van der Waals surface area contributed by atoms with E-state index in [0.29, 0.717) is 5.41 Å². The molecule has 0 radical (unpaired) electrons. The summed E-state index contributed by atoms with van der Waals surface area (Å²) < 4.78 is 0. The van der Waals surface area contributed by atoms with Gasteiger partial charge in [-0.05, 0) is 55.2 Å². The maximum atomic E-state index is 3.99. The summed E-state index contributed by atoms with van der Waals surface area (Å²) in [6.45, 7) is 10.6. The van der Waals surface area contributed by atoms with Gasteiger partial charge < -0.3 is 0 Å². The lowest BCUT2D eigenvalue weighted by molar-refractivity contribution is 0.659. The molecule has 0 heterocycles. The van der Waals surface area contributed by atoms with Gasteiger partial charge in [0.25, 0.3) is 0 Å². The van der Waals surface area contributed by atoms with Gasteiger partial charge in [0.1, 0.15) is 0 Å². The summed E-state index contributed by atoms with van der Waals surface area (Å²) in [5, 5.41) is 0. The van der Waals surface area contributed by atoms with Crippen molar-refractivity contribution in [1.82, 2.24) is 0 Å². The molecule has 1 fully saturated rings. The number of aryl methyl sites for hydroxylation is 1. The Kier molecular flexibility index (Phi) is 2.46. The summed E-state index contributed by atoms with van der Waals surface area (Å²) in [5.41, 5.74) is 5.97. The van der Waals surface area contributed by atoms with Crippen LogP contribution in [0.1, 0.15) is 49.8 Å². The lowest BCUT2D eigenvalue weighted by Gasteiger charge is -2.17. The van der Waals surface area contributed by atoms with Gasteiger partial charge in [-0.3, -0.25) is 0 Å². The second kappa shape index (κ2) is 3.52. The smallest absolute Gasteiger partial charge is 0.00463 e. The predicted octanol–water partition coefficient (Wildman–Crippen LogP) is 4.47. The molecule has 0 N–H and O–H groups in total. The van der Waals surface area contributed by atoms with Crippen LogP contribution in [0.4, 0.5) is 0 Å². The first-order chi connectivity index (χ1) is 7.09. The van der Waals surface area contributed by atoms with Crippen LogP contribution >= 0.6 is 0 Å². The van der Waals surface area contributed by atoms with Crippen molar-refractivity contribution in [1.29, 1.82) is 0 Å². The molecule has 0 amide bonds. The molecule has 0 bridgehead atoms. The first kappa shape index (κ1) is 10.5. The Morgan fingerprint density at radius 3 is 2.47 bits per heavy atom. The van der Waals surface area contributed by atoms with Crippen LogP contribution in [0.15, 0.2) is 24.8 Å². The molecule has 0 unspecified atom stereocenters. The Balaban J connectivity index is 2.39. The van der Waals surface area contributed by atoms with Crippen LogP contribution in [0.5, 0.6) is 0 Å². The molecule has 1 aliphatic carbocycles. The molecule has 0 heteroatoms. The SMILES string of the molecule is C=C(C)c1ccc(C2(CC)CC2)c(C)c1. The molecule has 0 aromatic heterocycles. The normalized spacial score (nSPS) is 17.5. The van der Waals surface area contributed by atoms with Crippen molar-refractivity contribution in [3.8, 4) is 0 Å². The van der Waals surface area contributed by atoms with Crippen molar-refractivity contribution in [3.63, 3.8) is 0 Å². The highest BCUT2D eigenvalue weighted by Crippen LogP contribution is 2.51. The second-order valence-corrected chi connectivity index (χ2v) is 4.94. The fraction of sp³-hybridized carbons (Fsp3) is 0.467. The standard InChI is InChI=1S/C15H20/c1-5-15(8-9-15)14-7-6-13(11(2)3)10-12(14)4/h6-7,10H,2,5,8-9H2,1,3-4H3. The van der Waals surface area contributed by atoms with Gasteiger partial charge in [0.2, 0.25) is 0 Å². The maximum absolute atomic E-state index is 3.99. The number of rotatable bonds is 3. The van der Waals surface area contributed by atoms with Crippen LogP contribution in [0.25, 0.3) is 5.57 Å². The average Bonchev–Trinajstić information content (AvgIpc) is 2.98. The highest BCUT2D eigenvalue weighted by atomic mass is 14.5. The number of benzene rings is 1. The molecule has 1 aliphatic rings. The predicted molar refractivity (Wildman–Crippen MR) is 67.1 cm³/mol. The molecule has 15 heavy (non-hydrogen) atoms. The summed E-state index contributed by atoms with van der Waals surface area (Å²) in [5.74, 6) is 0. The molecule has 1 aromatic carbocycles.